The number of hydrogen-bond donors (Lipinski definition) is 1. The van der Waals surface area contributed by atoms with Gasteiger partial charge >= 0.3 is 5.97 Å². The molecular formula is C24H21Cl2FO4. The van der Waals surface area contributed by atoms with Crippen molar-refractivity contribution in [1.82, 2.24) is 0 Å². The average molecular weight is 463 g/mol. The molecule has 0 aliphatic carbocycles. The van der Waals surface area contributed by atoms with Crippen molar-refractivity contribution in [3.05, 3.63) is 92.7 Å². The highest BCUT2D eigenvalue weighted by molar-refractivity contribution is 6.36. The van der Waals surface area contributed by atoms with Crippen LogP contribution in [0.4, 0.5) is 4.39 Å². The van der Waals surface area contributed by atoms with Crippen molar-refractivity contribution < 1.29 is 23.8 Å². The topological polar surface area (TPSA) is 55.8 Å². The third-order valence-electron chi connectivity index (χ3n) is 5.01. The van der Waals surface area contributed by atoms with Crippen LogP contribution in [0.25, 0.3) is 0 Å². The molecule has 1 unspecified atom stereocenters. The van der Waals surface area contributed by atoms with Gasteiger partial charge in [-0.2, -0.15) is 0 Å². The van der Waals surface area contributed by atoms with Gasteiger partial charge in [-0.3, -0.25) is 0 Å². The van der Waals surface area contributed by atoms with Gasteiger partial charge in [0.25, 0.3) is 0 Å². The van der Waals surface area contributed by atoms with Gasteiger partial charge in [0.1, 0.15) is 17.3 Å². The minimum atomic E-state index is -0.511. The number of methoxy groups -OCH3 is 1. The van der Waals surface area contributed by atoms with Gasteiger partial charge in [0.15, 0.2) is 6.61 Å². The summed E-state index contributed by atoms with van der Waals surface area (Å²) in [6.45, 7) is 1.70. The Morgan fingerprint density at radius 3 is 2.32 bits per heavy atom. The molecule has 0 fully saturated rings. The highest BCUT2D eigenvalue weighted by atomic mass is 35.5. The maximum absolute atomic E-state index is 13.2. The second-order valence-electron chi connectivity index (χ2n) is 7.07. The zero-order chi connectivity index (χ0) is 22.5. The molecule has 0 aliphatic heterocycles. The molecule has 7 heteroatoms. The number of ether oxygens (including phenoxy) is 2. The van der Waals surface area contributed by atoms with E-state index in [-0.39, 0.29) is 24.1 Å². The van der Waals surface area contributed by atoms with Crippen LogP contribution in [0, 0.1) is 5.82 Å². The molecule has 3 aromatic carbocycles. The fourth-order valence-corrected chi connectivity index (χ4v) is 3.83. The maximum Gasteiger partial charge on any atom is 0.343 e. The molecule has 0 heterocycles. The molecule has 162 valence electrons. The minimum absolute atomic E-state index is 0.138. The molecule has 1 N–H and O–H groups in total. The van der Waals surface area contributed by atoms with E-state index in [2.05, 4.69) is 4.74 Å². The van der Waals surface area contributed by atoms with Crippen molar-refractivity contribution in [2.24, 2.45) is 0 Å². The van der Waals surface area contributed by atoms with Crippen LogP contribution in [0.2, 0.25) is 10.0 Å². The number of aromatic hydroxyl groups is 1. The molecule has 0 saturated carbocycles. The monoisotopic (exact) mass is 462 g/mol. The van der Waals surface area contributed by atoms with E-state index in [0.29, 0.717) is 27.8 Å². The average Bonchev–Trinajstić information content (AvgIpc) is 2.75. The van der Waals surface area contributed by atoms with Crippen molar-refractivity contribution in [3.63, 3.8) is 0 Å². The van der Waals surface area contributed by atoms with Crippen molar-refractivity contribution in [3.8, 4) is 11.5 Å². The number of rotatable bonds is 7. The number of carbonyl (C=O) groups excluding carboxylic acids is 1. The number of carbonyl (C=O) groups is 1. The molecule has 0 bridgehead atoms. The van der Waals surface area contributed by atoms with Crippen LogP contribution in [-0.4, -0.2) is 24.8 Å². The first-order chi connectivity index (χ1) is 14.8. The van der Waals surface area contributed by atoms with Crippen molar-refractivity contribution in [2.75, 3.05) is 13.7 Å². The van der Waals surface area contributed by atoms with Crippen molar-refractivity contribution in [2.45, 2.75) is 19.3 Å². The number of phenols is 1. The SMILES string of the molecule is COC(=O)COc1cc(Cl)c(Cc2ccc(O)c(C(C)c3ccc(F)cc3)c2)c(Cl)c1. The first-order valence-corrected chi connectivity index (χ1v) is 10.3. The van der Waals surface area contributed by atoms with Gasteiger partial charge in [0, 0.05) is 27.9 Å². The Bertz CT molecular complexity index is 1060. The Kier molecular flexibility index (Phi) is 7.42. The fraction of sp³-hybridized carbons (Fsp3) is 0.208. The van der Waals surface area contributed by atoms with E-state index < -0.39 is 5.97 Å². The molecule has 0 aromatic heterocycles. The Labute approximate surface area is 190 Å². The normalized spacial score (nSPS) is 11.8. The summed E-state index contributed by atoms with van der Waals surface area (Å²) in [4.78, 5) is 11.2. The molecule has 1 atom stereocenters. The molecule has 0 amide bonds. The molecular weight excluding hydrogens is 442 g/mol. The Morgan fingerprint density at radius 1 is 1.06 bits per heavy atom. The molecule has 0 aliphatic rings. The van der Waals surface area contributed by atoms with E-state index in [9.17, 15) is 14.3 Å². The highest BCUT2D eigenvalue weighted by Gasteiger charge is 2.16. The van der Waals surface area contributed by atoms with Gasteiger partial charge in [0.2, 0.25) is 0 Å². The van der Waals surface area contributed by atoms with Crippen LogP contribution in [-0.2, 0) is 16.0 Å². The van der Waals surface area contributed by atoms with Crippen molar-refractivity contribution >= 4 is 29.2 Å². The second-order valence-corrected chi connectivity index (χ2v) is 7.89. The van der Waals surface area contributed by atoms with E-state index in [1.165, 1.54) is 19.2 Å². The molecule has 0 spiro atoms. The molecule has 0 radical (unpaired) electrons. The summed E-state index contributed by atoms with van der Waals surface area (Å²) in [6.07, 6.45) is 0.429. The number of benzene rings is 3. The van der Waals surface area contributed by atoms with Crippen LogP contribution in [0.15, 0.2) is 54.6 Å². The summed E-state index contributed by atoms with van der Waals surface area (Å²) >= 11 is 12.8. The van der Waals surface area contributed by atoms with E-state index in [0.717, 1.165) is 16.7 Å². The van der Waals surface area contributed by atoms with Crippen LogP contribution in [0.3, 0.4) is 0 Å². The third-order valence-corrected chi connectivity index (χ3v) is 5.68. The van der Waals surface area contributed by atoms with E-state index in [1.54, 1.807) is 36.4 Å². The lowest BCUT2D eigenvalue weighted by Crippen LogP contribution is -2.12. The summed E-state index contributed by atoms with van der Waals surface area (Å²) in [5.74, 6) is -0.439. The van der Waals surface area contributed by atoms with E-state index in [1.807, 2.05) is 13.0 Å². The predicted molar refractivity (Wildman–Crippen MR) is 119 cm³/mol. The Hall–Kier alpha value is -2.76. The quantitative estimate of drug-likeness (QED) is 0.428. The standard InChI is InChI=1S/C24H21Cl2FO4/c1-14(16-4-6-17(27)7-5-16)19-9-15(3-8-23(19)28)10-20-21(25)11-18(12-22(20)26)31-13-24(29)30-2/h3-9,11-12,14,28H,10,13H2,1-2H3. The molecule has 4 nitrogen and oxygen atoms in total. The van der Waals surface area contributed by atoms with Gasteiger partial charge in [-0.15, -0.1) is 0 Å². The molecule has 3 rings (SSSR count). The fourth-order valence-electron chi connectivity index (χ4n) is 3.23. The lowest BCUT2D eigenvalue weighted by Gasteiger charge is -2.16. The summed E-state index contributed by atoms with van der Waals surface area (Å²) in [7, 11) is 1.28. The number of esters is 1. The smallest absolute Gasteiger partial charge is 0.343 e. The van der Waals surface area contributed by atoms with E-state index in [4.69, 9.17) is 27.9 Å². The summed E-state index contributed by atoms with van der Waals surface area (Å²) in [6, 6.07) is 14.7. The Morgan fingerprint density at radius 2 is 1.71 bits per heavy atom. The van der Waals surface area contributed by atoms with Gasteiger partial charge in [-0.1, -0.05) is 54.4 Å². The summed E-state index contributed by atoms with van der Waals surface area (Å²) in [5, 5.41) is 11.2. The molecule has 0 saturated heterocycles. The molecule has 31 heavy (non-hydrogen) atoms. The lowest BCUT2D eigenvalue weighted by atomic mass is 9.90. The number of halogens is 3. The van der Waals surface area contributed by atoms with Crippen LogP contribution in [0.1, 0.15) is 35.1 Å². The third kappa shape index (κ3) is 5.69. The van der Waals surface area contributed by atoms with Gasteiger partial charge < -0.3 is 14.6 Å². The van der Waals surface area contributed by atoms with Gasteiger partial charge in [-0.25, -0.2) is 9.18 Å². The number of phenolic OH excluding ortho intramolecular Hbond substituents is 1. The highest BCUT2D eigenvalue weighted by Crippen LogP contribution is 2.35. The van der Waals surface area contributed by atoms with E-state index >= 15 is 0 Å². The lowest BCUT2D eigenvalue weighted by molar-refractivity contribution is -0.142. The largest absolute Gasteiger partial charge is 0.508 e. The molecule has 3 aromatic rings. The van der Waals surface area contributed by atoms with Crippen LogP contribution >= 0.6 is 23.2 Å². The summed E-state index contributed by atoms with van der Waals surface area (Å²) < 4.78 is 23.1. The first-order valence-electron chi connectivity index (χ1n) is 9.53. The van der Waals surface area contributed by atoms with Crippen LogP contribution in [0.5, 0.6) is 11.5 Å². The zero-order valence-electron chi connectivity index (χ0n) is 17.0. The Balaban J connectivity index is 1.83. The maximum atomic E-state index is 13.2. The first kappa shape index (κ1) is 22.9. The second kappa shape index (κ2) is 10.0. The van der Waals surface area contributed by atoms with Gasteiger partial charge in [0.05, 0.1) is 7.11 Å². The van der Waals surface area contributed by atoms with Crippen molar-refractivity contribution in [1.29, 1.82) is 0 Å². The van der Waals surface area contributed by atoms with Gasteiger partial charge in [-0.05, 0) is 47.0 Å². The predicted octanol–water partition coefficient (Wildman–Crippen LogP) is 6.13. The number of hydrogen-bond acceptors (Lipinski definition) is 4. The van der Waals surface area contributed by atoms with Crippen LogP contribution < -0.4 is 4.74 Å². The summed E-state index contributed by atoms with van der Waals surface area (Å²) in [5.41, 5.74) is 3.19. The zero-order valence-corrected chi connectivity index (χ0v) is 18.5. The minimum Gasteiger partial charge on any atom is -0.508 e.